The number of ether oxygens (including phenoxy) is 1. The van der Waals surface area contributed by atoms with Crippen LogP contribution in [0, 0.1) is 0 Å². The summed E-state index contributed by atoms with van der Waals surface area (Å²) < 4.78 is 10.9. The molecule has 0 saturated carbocycles. The third kappa shape index (κ3) is 3.12. The van der Waals surface area contributed by atoms with Gasteiger partial charge >= 0.3 is 0 Å². The second-order valence-corrected chi connectivity index (χ2v) is 4.91. The molecule has 0 radical (unpaired) electrons. The van der Waals surface area contributed by atoms with E-state index in [1.807, 2.05) is 31.2 Å². The lowest BCUT2D eigenvalue weighted by Gasteiger charge is -2.27. The van der Waals surface area contributed by atoms with E-state index in [2.05, 4.69) is 15.5 Å². The van der Waals surface area contributed by atoms with Gasteiger partial charge < -0.3 is 14.6 Å². The maximum absolute atomic E-state index is 5.95. The van der Waals surface area contributed by atoms with Gasteiger partial charge in [0.15, 0.2) is 0 Å². The molecule has 7 heteroatoms. The number of nitrogens with zero attached hydrogens (tertiary/aromatic N) is 2. The Kier molecular flexibility index (Phi) is 4.99. The highest BCUT2D eigenvalue weighted by molar-refractivity contribution is 6.30. The van der Waals surface area contributed by atoms with E-state index in [4.69, 9.17) is 20.9 Å². The van der Waals surface area contributed by atoms with Gasteiger partial charge in [0.25, 0.3) is 0 Å². The molecule has 1 aromatic carbocycles. The Morgan fingerprint density at radius 2 is 2.25 bits per heavy atom. The lowest BCUT2D eigenvalue weighted by Crippen LogP contribution is -2.40. The molecule has 2 heterocycles. The van der Waals surface area contributed by atoms with Crippen LogP contribution < -0.4 is 5.32 Å². The highest BCUT2D eigenvalue weighted by atomic mass is 35.5. The number of rotatable bonds is 2. The van der Waals surface area contributed by atoms with Crippen LogP contribution >= 0.6 is 24.0 Å². The largest absolute Gasteiger partial charge is 0.375 e. The van der Waals surface area contributed by atoms with Crippen molar-refractivity contribution in [3.8, 4) is 11.4 Å². The minimum Gasteiger partial charge on any atom is -0.375 e. The Labute approximate surface area is 128 Å². The van der Waals surface area contributed by atoms with Crippen molar-refractivity contribution >= 4 is 24.0 Å². The van der Waals surface area contributed by atoms with Crippen molar-refractivity contribution in [1.82, 2.24) is 15.5 Å². The summed E-state index contributed by atoms with van der Waals surface area (Å²) in [7, 11) is 0. The van der Waals surface area contributed by atoms with E-state index in [1.54, 1.807) is 0 Å². The van der Waals surface area contributed by atoms with E-state index < -0.39 is 0 Å². The molecule has 20 heavy (non-hydrogen) atoms. The second kappa shape index (κ2) is 6.54. The number of nitrogens with one attached hydrogen (secondary N) is 1. The summed E-state index contributed by atoms with van der Waals surface area (Å²) in [6.45, 7) is 3.47. The maximum atomic E-state index is 5.95. The molecule has 1 aromatic heterocycles. The molecule has 0 unspecified atom stereocenters. The fourth-order valence-corrected chi connectivity index (χ4v) is 2.31. The molecule has 5 nitrogen and oxygen atoms in total. The molecule has 0 spiro atoms. The van der Waals surface area contributed by atoms with Gasteiger partial charge in [-0.05, 0) is 19.1 Å². The Bertz CT molecular complexity index is 576. The van der Waals surface area contributed by atoms with Crippen molar-refractivity contribution in [2.75, 3.05) is 13.2 Å². The van der Waals surface area contributed by atoms with Crippen LogP contribution in [0.2, 0.25) is 5.02 Å². The fourth-order valence-electron chi connectivity index (χ4n) is 2.12. The van der Waals surface area contributed by atoms with Gasteiger partial charge in [-0.1, -0.05) is 28.9 Å². The van der Waals surface area contributed by atoms with Gasteiger partial charge in [-0.25, -0.2) is 0 Å². The molecule has 2 atom stereocenters. The normalized spacial score (nSPS) is 22.3. The van der Waals surface area contributed by atoms with Crippen LogP contribution in [-0.2, 0) is 4.74 Å². The summed E-state index contributed by atoms with van der Waals surface area (Å²) in [5, 5.41) is 7.96. The van der Waals surface area contributed by atoms with Crippen molar-refractivity contribution < 1.29 is 9.26 Å². The van der Waals surface area contributed by atoms with Crippen molar-refractivity contribution in [3.05, 3.63) is 35.2 Å². The first kappa shape index (κ1) is 15.3. The van der Waals surface area contributed by atoms with Crippen LogP contribution in [0.3, 0.4) is 0 Å². The zero-order valence-corrected chi connectivity index (χ0v) is 12.4. The van der Waals surface area contributed by atoms with Gasteiger partial charge in [0.2, 0.25) is 11.7 Å². The van der Waals surface area contributed by atoms with Crippen LogP contribution in [-0.4, -0.2) is 29.4 Å². The molecule has 2 aromatic rings. The summed E-state index contributed by atoms with van der Waals surface area (Å²) >= 11 is 5.95. The average Bonchev–Trinajstić information content (AvgIpc) is 2.89. The third-order valence-corrected chi connectivity index (χ3v) is 3.34. The van der Waals surface area contributed by atoms with E-state index >= 15 is 0 Å². The fraction of sp³-hybridized carbons (Fsp3) is 0.385. The Morgan fingerprint density at radius 3 is 3.00 bits per heavy atom. The Morgan fingerprint density at radius 1 is 1.40 bits per heavy atom. The van der Waals surface area contributed by atoms with Crippen molar-refractivity contribution in [2.45, 2.75) is 19.1 Å². The number of hydrogen-bond donors (Lipinski definition) is 1. The minimum absolute atomic E-state index is 0. The molecule has 0 bridgehead atoms. The number of benzene rings is 1. The molecule has 3 rings (SSSR count). The molecule has 1 fully saturated rings. The topological polar surface area (TPSA) is 60.2 Å². The quantitative estimate of drug-likeness (QED) is 0.923. The smallest absolute Gasteiger partial charge is 0.246 e. The summed E-state index contributed by atoms with van der Waals surface area (Å²) in [5.41, 5.74) is 0.840. The first-order chi connectivity index (χ1) is 9.24. The van der Waals surface area contributed by atoms with Gasteiger partial charge in [0.1, 0.15) is 6.04 Å². The van der Waals surface area contributed by atoms with E-state index in [0.29, 0.717) is 23.3 Å². The summed E-state index contributed by atoms with van der Waals surface area (Å²) in [6, 6.07) is 7.32. The molecule has 0 amide bonds. The number of morpholine rings is 1. The molecular weight excluding hydrogens is 301 g/mol. The number of halogens is 2. The summed E-state index contributed by atoms with van der Waals surface area (Å²) in [4.78, 5) is 4.42. The summed E-state index contributed by atoms with van der Waals surface area (Å²) in [6.07, 6.45) is 0.0152. The summed E-state index contributed by atoms with van der Waals surface area (Å²) in [5.74, 6) is 1.08. The van der Waals surface area contributed by atoms with Crippen LogP contribution in [0.1, 0.15) is 18.9 Å². The van der Waals surface area contributed by atoms with E-state index in [0.717, 1.165) is 12.1 Å². The van der Waals surface area contributed by atoms with Crippen LogP contribution in [0.5, 0.6) is 0 Å². The van der Waals surface area contributed by atoms with Gasteiger partial charge in [0, 0.05) is 17.1 Å². The van der Waals surface area contributed by atoms with E-state index in [-0.39, 0.29) is 24.6 Å². The first-order valence-corrected chi connectivity index (χ1v) is 6.56. The van der Waals surface area contributed by atoms with Gasteiger partial charge in [-0.15, -0.1) is 12.4 Å². The predicted octanol–water partition coefficient (Wildman–Crippen LogP) is 2.86. The highest BCUT2D eigenvalue weighted by Crippen LogP contribution is 2.24. The molecule has 1 saturated heterocycles. The molecule has 1 aliphatic heterocycles. The van der Waals surface area contributed by atoms with E-state index in [9.17, 15) is 0 Å². The monoisotopic (exact) mass is 315 g/mol. The lowest BCUT2D eigenvalue weighted by molar-refractivity contribution is -0.00136. The Hall–Kier alpha value is -1.14. The number of hydrogen-bond acceptors (Lipinski definition) is 5. The number of aromatic nitrogens is 2. The zero-order chi connectivity index (χ0) is 13.2. The van der Waals surface area contributed by atoms with E-state index in [1.165, 1.54) is 0 Å². The third-order valence-electron chi connectivity index (χ3n) is 3.11. The van der Waals surface area contributed by atoms with Crippen LogP contribution in [0.15, 0.2) is 28.8 Å². The first-order valence-electron chi connectivity index (χ1n) is 6.18. The average molecular weight is 316 g/mol. The van der Waals surface area contributed by atoms with Crippen molar-refractivity contribution in [1.29, 1.82) is 0 Å². The standard InChI is InChI=1S/C13H14ClN3O2.ClH/c1-8-11(15-5-6-18-8)13-16-12(17-19-13)9-3-2-4-10(14)7-9;/h2-4,7-8,11,15H,5-6H2,1H3;1H/t8-,11+;/m1./s1. The second-order valence-electron chi connectivity index (χ2n) is 4.47. The van der Waals surface area contributed by atoms with Crippen molar-refractivity contribution in [3.63, 3.8) is 0 Å². The van der Waals surface area contributed by atoms with Gasteiger partial charge in [-0.2, -0.15) is 4.98 Å². The lowest BCUT2D eigenvalue weighted by atomic mass is 10.1. The predicted molar refractivity (Wildman–Crippen MR) is 78.1 cm³/mol. The molecular formula is C13H15Cl2N3O2. The molecule has 0 aliphatic carbocycles. The van der Waals surface area contributed by atoms with Crippen LogP contribution in [0.4, 0.5) is 0 Å². The molecule has 108 valence electrons. The molecule has 1 N–H and O–H groups in total. The Balaban J connectivity index is 0.00000147. The maximum Gasteiger partial charge on any atom is 0.246 e. The molecule has 1 aliphatic rings. The van der Waals surface area contributed by atoms with Crippen LogP contribution in [0.25, 0.3) is 11.4 Å². The van der Waals surface area contributed by atoms with Gasteiger partial charge in [0.05, 0.1) is 12.7 Å². The van der Waals surface area contributed by atoms with Gasteiger partial charge in [-0.3, -0.25) is 0 Å². The SMILES string of the molecule is C[C@H]1OCCN[C@@H]1c1nc(-c2cccc(Cl)c2)no1.Cl. The zero-order valence-electron chi connectivity index (χ0n) is 10.9. The van der Waals surface area contributed by atoms with Crippen molar-refractivity contribution in [2.24, 2.45) is 0 Å². The minimum atomic E-state index is -0.0609. The highest BCUT2D eigenvalue weighted by Gasteiger charge is 2.28.